The van der Waals surface area contributed by atoms with Crippen LogP contribution < -0.4 is 5.32 Å². The number of benzene rings is 1. The van der Waals surface area contributed by atoms with Gasteiger partial charge in [-0.1, -0.05) is 11.6 Å². The molecule has 5 nitrogen and oxygen atoms in total. The van der Waals surface area contributed by atoms with Crippen LogP contribution in [-0.2, 0) is 17.8 Å². The number of carbonyl (C=O) groups excluding carboxylic acids is 1. The second kappa shape index (κ2) is 7.59. The number of aromatic nitrogens is 2. The number of thiazole rings is 1. The molecule has 1 amide bonds. The number of hydrogen-bond donors (Lipinski definition) is 1. The summed E-state index contributed by atoms with van der Waals surface area (Å²) in [6, 6.07) is 7.34. The minimum atomic E-state index is -0.0349. The van der Waals surface area contributed by atoms with E-state index in [2.05, 4.69) is 15.3 Å². The van der Waals surface area contributed by atoms with Crippen LogP contribution in [0.25, 0.3) is 11.3 Å². The molecule has 0 radical (unpaired) electrons. The molecule has 0 spiro atoms. The standard InChI is InChI=1S/C17H16ClN3O2S/c1-11-19-8-14(24-11)9-20-16(22)6-7-17-21-10-15(23-17)12-2-4-13(18)5-3-12/h2-5,8,10H,6-7,9H2,1H3,(H,20,22). The van der Waals surface area contributed by atoms with Gasteiger partial charge in [0.15, 0.2) is 11.7 Å². The number of amides is 1. The van der Waals surface area contributed by atoms with Crippen molar-refractivity contribution in [2.24, 2.45) is 0 Å². The third-order valence-corrected chi connectivity index (χ3v) is 4.54. The molecular weight excluding hydrogens is 346 g/mol. The molecule has 1 N–H and O–H groups in total. The van der Waals surface area contributed by atoms with E-state index in [9.17, 15) is 4.79 Å². The Kier molecular flexibility index (Phi) is 5.27. The Morgan fingerprint density at radius 1 is 1.25 bits per heavy atom. The molecule has 0 saturated carbocycles. The quantitative estimate of drug-likeness (QED) is 0.720. The fourth-order valence-corrected chi connectivity index (χ4v) is 3.02. The van der Waals surface area contributed by atoms with Gasteiger partial charge in [0.05, 0.1) is 17.7 Å². The molecule has 0 aliphatic carbocycles. The van der Waals surface area contributed by atoms with Gasteiger partial charge in [-0.3, -0.25) is 4.79 Å². The third kappa shape index (κ3) is 4.43. The second-order valence-electron chi connectivity index (χ2n) is 5.25. The summed E-state index contributed by atoms with van der Waals surface area (Å²) >= 11 is 7.45. The fourth-order valence-electron chi connectivity index (χ4n) is 2.16. The molecule has 3 aromatic rings. The highest BCUT2D eigenvalue weighted by molar-refractivity contribution is 7.11. The summed E-state index contributed by atoms with van der Waals surface area (Å²) in [4.78, 5) is 21.3. The molecule has 0 atom stereocenters. The van der Waals surface area contributed by atoms with Crippen LogP contribution in [0.4, 0.5) is 0 Å². The van der Waals surface area contributed by atoms with E-state index in [1.807, 2.05) is 19.1 Å². The van der Waals surface area contributed by atoms with Crippen LogP contribution >= 0.6 is 22.9 Å². The van der Waals surface area contributed by atoms with Gasteiger partial charge < -0.3 is 9.73 Å². The van der Waals surface area contributed by atoms with Crippen molar-refractivity contribution < 1.29 is 9.21 Å². The first kappa shape index (κ1) is 16.7. The number of nitrogens with one attached hydrogen (secondary N) is 1. The van der Waals surface area contributed by atoms with E-state index in [0.29, 0.717) is 36.1 Å². The van der Waals surface area contributed by atoms with Gasteiger partial charge in [-0.2, -0.15) is 0 Å². The van der Waals surface area contributed by atoms with Crippen molar-refractivity contribution in [3.05, 3.63) is 57.5 Å². The van der Waals surface area contributed by atoms with Crippen molar-refractivity contribution in [2.75, 3.05) is 0 Å². The zero-order valence-electron chi connectivity index (χ0n) is 13.1. The van der Waals surface area contributed by atoms with Gasteiger partial charge >= 0.3 is 0 Å². The lowest BCUT2D eigenvalue weighted by atomic mass is 10.2. The second-order valence-corrected chi connectivity index (χ2v) is 7.00. The SMILES string of the molecule is Cc1ncc(CNC(=O)CCc2ncc(-c3ccc(Cl)cc3)o2)s1. The Morgan fingerprint density at radius 2 is 2.04 bits per heavy atom. The van der Waals surface area contributed by atoms with Gasteiger partial charge in [0, 0.05) is 34.5 Å². The highest BCUT2D eigenvalue weighted by Crippen LogP contribution is 2.22. The summed E-state index contributed by atoms with van der Waals surface area (Å²) in [5, 5.41) is 4.54. The molecule has 7 heteroatoms. The highest BCUT2D eigenvalue weighted by Gasteiger charge is 2.09. The van der Waals surface area contributed by atoms with Crippen molar-refractivity contribution in [3.63, 3.8) is 0 Å². The molecule has 2 heterocycles. The summed E-state index contributed by atoms with van der Waals surface area (Å²) in [5.74, 6) is 1.18. The van der Waals surface area contributed by atoms with Crippen molar-refractivity contribution in [1.29, 1.82) is 0 Å². The molecule has 0 aliphatic heterocycles. The van der Waals surface area contributed by atoms with Gasteiger partial charge in [-0.15, -0.1) is 11.3 Å². The van der Waals surface area contributed by atoms with Crippen molar-refractivity contribution in [2.45, 2.75) is 26.3 Å². The van der Waals surface area contributed by atoms with Crippen LogP contribution in [-0.4, -0.2) is 15.9 Å². The first-order valence-electron chi connectivity index (χ1n) is 7.49. The summed E-state index contributed by atoms with van der Waals surface area (Å²) in [5.41, 5.74) is 0.906. The molecule has 0 unspecified atom stereocenters. The Morgan fingerprint density at radius 3 is 2.75 bits per heavy atom. The van der Waals surface area contributed by atoms with Gasteiger partial charge in [0.1, 0.15) is 0 Å². The van der Waals surface area contributed by atoms with Gasteiger partial charge in [0.25, 0.3) is 0 Å². The maximum atomic E-state index is 11.9. The minimum Gasteiger partial charge on any atom is -0.441 e. The maximum absolute atomic E-state index is 11.9. The summed E-state index contributed by atoms with van der Waals surface area (Å²) in [6.07, 6.45) is 4.24. The number of carbonyl (C=O) groups is 1. The Labute approximate surface area is 148 Å². The van der Waals surface area contributed by atoms with E-state index in [1.165, 1.54) is 0 Å². The fraction of sp³-hybridized carbons (Fsp3) is 0.235. The number of aryl methyl sites for hydroxylation is 2. The number of oxazole rings is 1. The van der Waals surface area contributed by atoms with Crippen LogP contribution in [0, 0.1) is 6.92 Å². The predicted molar refractivity (Wildman–Crippen MR) is 94.0 cm³/mol. The Hall–Kier alpha value is -2.18. The molecule has 3 rings (SSSR count). The first-order valence-corrected chi connectivity index (χ1v) is 8.68. The molecule has 1 aromatic carbocycles. The van der Waals surface area contributed by atoms with E-state index < -0.39 is 0 Å². The molecule has 124 valence electrons. The lowest BCUT2D eigenvalue weighted by molar-refractivity contribution is -0.121. The number of halogens is 1. The van der Waals surface area contributed by atoms with Crippen LogP contribution in [0.1, 0.15) is 22.2 Å². The molecule has 0 saturated heterocycles. The lowest BCUT2D eigenvalue weighted by Crippen LogP contribution is -2.22. The van der Waals surface area contributed by atoms with Gasteiger partial charge in [-0.25, -0.2) is 9.97 Å². The van der Waals surface area contributed by atoms with E-state index in [0.717, 1.165) is 15.4 Å². The van der Waals surface area contributed by atoms with Crippen LogP contribution in [0.3, 0.4) is 0 Å². The monoisotopic (exact) mass is 361 g/mol. The molecule has 0 bridgehead atoms. The summed E-state index contributed by atoms with van der Waals surface area (Å²) in [6.45, 7) is 2.45. The largest absolute Gasteiger partial charge is 0.441 e. The first-order chi connectivity index (χ1) is 11.6. The molecular formula is C17H16ClN3O2S. The number of nitrogens with zero attached hydrogens (tertiary/aromatic N) is 2. The maximum Gasteiger partial charge on any atom is 0.220 e. The lowest BCUT2D eigenvalue weighted by Gasteiger charge is -2.01. The van der Waals surface area contributed by atoms with Gasteiger partial charge in [-0.05, 0) is 31.2 Å². The molecule has 0 aliphatic rings. The van der Waals surface area contributed by atoms with E-state index in [1.54, 1.807) is 35.9 Å². The zero-order valence-corrected chi connectivity index (χ0v) is 14.7. The van der Waals surface area contributed by atoms with E-state index in [-0.39, 0.29) is 5.91 Å². The average Bonchev–Trinajstić information content (AvgIpc) is 3.21. The van der Waals surface area contributed by atoms with Crippen LogP contribution in [0.2, 0.25) is 5.02 Å². The van der Waals surface area contributed by atoms with Crippen molar-refractivity contribution >= 4 is 28.8 Å². The normalized spacial score (nSPS) is 10.8. The van der Waals surface area contributed by atoms with E-state index >= 15 is 0 Å². The minimum absolute atomic E-state index is 0.0349. The third-order valence-electron chi connectivity index (χ3n) is 3.38. The van der Waals surface area contributed by atoms with Crippen LogP contribution in [0.5, 0.6) is 0 Å². The Bertz CT molecular complexity index is 826. The molecule has 2 aromatic heterocycles. The zero-order chi connectivity index (χ0) is 16.9. The van der Waals surface area contributed by atoms with E-state index in [4.69, 9.17) is 16.0 Å². The van der Waals surface area contributed by atoms with Crippen molar-refractivity contribution in [1.82, 2.24) is 15.3 Å². The Balaban J connectivity index is 1.49. The molecule has 0 fully saturated rings. The predicted octanol–water partition coefficient (Wildman–Crippen LogP) is 4.01. The van der Waals surface area contributed by atoms with Gasteiger partial charge in [0.2, 0.25) is 5.91 Å². The van der Waals surface area contributed by atoms with Crippen LogP contribution in [0.15, 0.2) is 41.1 Å². The summed E-state index contributed by atoms with van der Waals surface area (Å²) in [7, 11) is 0. The highest BCUT2D eigenvalue weighted by atomic mass is 35.5. The van der Waals surface area contributed by atoms with Crippen molar-refractivity contribution in [3.8, 4) is 11.3 Å². The smallest absolute Gasteiger partial charge is 0.220 e. The number of hydrogen-bond acceptors (Lipinski definition) is 5. The number of rotatable bonds is 6. The average molecular weight is 362 g/mol. The topological polar surface area (TPSA) is 68.0 Å². The summed E-state index contributed by atoms with van der Waals surface area (Å²) < 4.78 is 5.68. The molecule has 24 heavy (non-hydrogen) atoms.